The van der Waals surface area contributed by atoms with Crippen molar-refractivity contribution in [3.63, 3.8) is 0 Å². The average molecular weight is 284 g/mol. The molecule has 0 saturated carbocycles. The van der Waals surface area contributed by atoms with Gasteiger partial charge in [0.2, 0.25) is 0 Å². The van der Waals surface area contributed by atoms with Crippen molar-refractivity contribution in [3.8, 4) is 0 Å². The lowest BCUT2D eigenvalue weighted by atomic mass is 10.0. The fourth-order valence-electron chi connectivity index (χ4n) is 1.96. The van der Waals surface area contributed by atoms with Crippen LogP contribution in [0.1, 0.15) is 5.56 Å². The Kier molecular flexibility index (Phi) is 3.99. The SMILES string of the molecule is NC1=Nc2cccc3cccc1c23.O=C(O)/C=C/C(=O)O. The summed E-state index contributed by atoms with van der Waals surface area (Å²) < 4.78 is 0. The van der Waals surface area contributed by atoms with Crippen molar-refractivity contribution in [1.29, 1.82) is 0 Å². The maximum atomic E-state index is 9.55. The predicted octanol–water partition coefficient (Wildman–Crippen LogP) is 1.90. The molecule has 0 amide bonds. The van der Waals surface area contributed by atoms with Crippen LogP contribution in [0.5, 0.6) is 0 Å². The first-order chi connectivity index (χ1) is 9.99. The molecule has 21 heavy (non-hydrogen) atoms. The molecule has 0 unspecified atom stereocenters. The number of hydrogen-bond donors (Lipinski definition) is 3. The highest BCUT2D eigenvalue weighted by atomic mass is 16.4. The smallest absolute Gasteiger partial charge is 0.328 e. The number of carboxylic acids is 2. The Labute approximate surface area is 119 Å². The lowest BCUT2D eigenvalue weighted by molar-refractivity contribution is -0.134. The van der Waals surface area contributed by atoms with Crippen LogP contribution in [0.3, 0.4) is 0 Å². The van der Waals surface area contributed by atoms with E-state index in [-0.39, 0.29) is 0 Å². The topological polar surface area (TPSA) is 113 Å². The summed E-state index contributed by atoms with van der Waals surface area (Å²) in [6.07, 6.45) is 1.12. The molecular weight excluding hydrogens is 272 g/mol. The second-order valence-corrected chi connectivity index (χ2v) is 4.19. The zero-order chi connectivity index (χ0) is 15.4. The Morgan fingerprint density at radius 3 is 2.14 bits per heavy atom. The van der Waals surface area contributed by atoms with E-state index in [1.807, 2.05) is 24.3 Å². The first kappa shape index (κ1) is 14.3. The summed E-state index contributed by atoms with van der Waals surface area (Å²) in [6, 6.07) is 12.2. The van der Waals surface area contributed by atoms with Crippen molar-refractivity contribution in [2.24, 2.45) is 10.7 Å². The number of aliphatic carboxylic acids is 2. The summed E-state index contributed by atoms with van der Waals surface area (Å²) in [4.78, 5) is 23.4. The van der Waals surface area contributed by atoms with Gasteiger partial charge in [-0.2, -0.15) is 0 Å². The van der Waals surface area contributed by atoms with Gasteiger partial charge in [-0.15, -0.1) is 0 Å². The number of rotatable bonds is 2. The van der Waals surface area contributed by atoms with Gasteiger partial charge in [-0.1, -0.05) is 30.3 Å². The highest BCUT2D eigenvalue weighted by Gasteiger charge is 2.14. The molecule has 1 aliphatic heterocycles. The van der Waals surface area contributed by atoms with Gasteiger partial charge < -0.3 is 15.9 Å². The number of nitrogens with zero attached hydrogens (tertiary/aromatic N) is 1. The molecule has 0 aromatic heterocycles. The third kappa shape index (κ3) is 3.24. The van der Waals surface area contributed by atoms with E-state index >= 15 is 0 Å². The zero-order valence-corrected chi connectivity index (χ0v) is 10.9. The maximum Gasteiger partial charge on any atom is 0.328 e. The Bertz CT molecular complexity index is 757. The maximum absolute atomic E-state index is 9.55. The number of amidine groups is 1. The van der Waals surface area contributed by atoms with Crippen molar-refractivity contribution in [1.82, 2.24) is 0 Å². The molecule has 2 aromatic carbocycles. The van der Waals surface area contributed by atoms with E-state index in [9.17, 15) is 9.59 Å². The van der Waals surface area contributed by atoms with Gasteiger partial charge in [-0.05, 0) is 11.5 Å². The number of nitrogens with two attached hydrogens (primary N) is 1. The number of benzene rings is 2. The summed E-state index contributed by atoms with van der Waals surface area (Å²) in [7, 11) is 0. The minimum absolute atomic E-state index is 0.558. The molecule has 1 heterocycles. The molecule has 3 rings (SSSR count). The molecule has 0 aliphatic carbocycles. The quantitative estimate of drug-likeness (QED) is 0.729. The van der Waals surface area contributed by atoms with Crippen LogP contribution in [0.2, 0.25) is 0 Å². The zero-order valence-electron chi connectivity index (χ0n) is 10.9. The number of aliphatic imine (C=N–C) groups is 1. The molecular formula is C15H12N2O4. The molecule has 0 saturated heterocycles. The first-order valence-electron chi connectivity index (χ1n) is 5.99. The largest absolute Gasteiger partial charge is 0.478 e. The minimum Gasteiger partial charge on any atom is -0.478 e. The summed E-state index contributed by atoms with van der Waals surface area (Å²) in [5.41, 5.74) is 7.84. The predicted molar refractivity (Wildman–Crippen MR) is 78.7 cm³/mol. The molecule has 0 atom stereocenters. The van der Waals surface area contributed by atoms with Crippen LogP contribution in [0.4, 0.5) is 5.69 Å². The van der Waals surface area contributed by atoms with Gasteiger partial charge in [0.1, 0.15) is 5.84 Å². The van der Waals surface area contributed by atoms with Crippen molar-refractivity contribution in [3.05, 3.63) is 54.1 Å². The summed E-state index contributed by atoms with van der Waals surface area (Å²) >= 11 is 0. The second kappa shape index (κ2) is 5.87. The lowest BCUT2D eigenvalue weighted by Crippen LogP contribution is -2.09. The molecule has 0 bridgehead atoms. The number of carboxylic acid groups (broad SMARTS) is 2. The molecule has 6 nitrogen and oxygen atoms in total. The van der Waals surface area contributed by atoms with E-state index in [2.05, 4.69) is 17.1 Å². The van der Waals surface area contributed by atoms with Crippen LogP contribution in [-0.4, -0.2) is 28.0 Å². The normalized spacial score (nSPS) is 11.9. The van der Waals surface area contributed by atoms with Crippen LogP contribution >= 0.6 is 0 Å². The monoisotopic (exact) mass is 284 g/mol. The highest BCUT2D eigenvalue weighted by Crippen LogP contribution is 2.33. The summed E-state index contributed by atoms with van der Waals surface area (Å²) in [5.74, 6) is -1.88. The molecule has 1 aliphatic rings. The molecule has 106 valence electrons. The summed E-state index contributed by atoms with van der Waals surface area (Å²) in [5, 5.41) is 18.0. The molecule has 0 fully saturated rings. The molecule has 4 N–H and O–H groups in total. The van der Waals surface area contributed by atoms with E-state index in [4.69, 9.17) is 15.9 Å². The van der Waals surface area contributed by atoms with E-state index in [0.717, 1.165) is 11.3 Å². The average Bonchev–Trinajstić information content (AvgIpc) is 2.77. The van der Waals surface area contributed by atoms with Gasteiger partial charge in [0.05, 0.1) is 5.69 Å². The van der Waals surface area contributed by atoms with E-state index in [0.29, 0.717) is 18.0 Å². The van der Waals surface area contributed by atoms with Gasteiger partial charge in [-0.25, -0.2) is 14.6 Å². The minimum atomic E-state index is -1.26. The standard InChI is InChI=1S/C11H8N2.C4H4O4/c12-11-8-5-1-3-7-4-2-6-9(13-11)10(7)8;5-3(6)1-2-4(7)8/h1-6H,(H2,12,13);1-2H,(H,5,6)(H,7,8)/b;2-1+. The van der Waals surface area contributed by atoms with Gasteiger partial charge in [0.15, 0.2) is 0 Å². The molecule has 6 heteroatoms. The fourth-order valence-corrected chi connectivity index (χ4v) is 1.96. The van der Waals surface area contributed by atoms with Crippen molar-refractivity contribution in [2.45, 2.75) is 0 Å². The van der Waals surface area contributed by atoms with Crippen LogP contribution in [0.25, 0.3) is 10.8 Å². The third-order valence-electron chi connectivity index (χ3n) is 2.77. The van der Waals surface area contributed by atoms with E-state index in [1.54, 1.807) is 0 Å². The Hall–Kier alpha value is -3.15. The number of carbonyl (C=O) groups is 2. The second-order valence-electron chi connectivity index (χ2n) is 4.19. The van der Waals surface area contributed by atoms with Crippen LogP contribution in [0.15, 0.2) is 53.5 Å². The van der Waals surface area contributed by atoms with Gasteiger partial charge in [0.25, 0.3) is 0 Å². The van der Waals surface area contributed by atoms with Gasteiger partial charge >= 0.3 is 11.9 Å². The van der Waals surface area contributed by atoms with Crippen molar-refractivity contribution in [2.75, 3.05) is 0 Å². The van der Waals surface area contributed by atoms with Crippen LogP contribution in [-0.2, 0) is 9.59 Å². The summed E-state index contributed by atoms with van der Waals surface area (Å²) in [6.45, 7) is 0. The van der Waals surface area contributed by atoms with Crippen LogP contribution in [0, 0.1) is 0 Å². The molecule has 0 radical (unpaired) electrons. The Morgan fingerprint density at radius 1 is 1.00 bits per heavy atom. The lowest BCUT2D eigenvalue weighted by Gasteiger charge is -1.98. The first-order valence-corrected chi connectivity index (χ1v) is 5.99. The fraction of sp³-hybridized carbons (Fsp3) is 0. The molecule has 0 spiro atoms. The highest BCUT2D eigenvalue weighted by molar-refractivity contribution is 6.18. The Balaban J connectivity index is 0.000000177. The van der Waals surface area contributed by atoms with Crippen molar-refractivity contribution >= 4 is 34.2 Å². The van der Waals surface area contributed by atoms with Gasteiger partial charge in [-0.3, -0.25) is 0 Å². The number of hydrogen-bond acceptors (Lipinski definition) is 4. The van der Waals surface area contributed by atoms with Gasteiger partial charge in [0, 0.05) is 23.1 Å². The molecule has 2 aromatic rings. The Morgan fingerprint density at radius 2 is 1.57 bits per heavy atom. The van der Waals surface area contributed by atoms with Crippen molar-refractivity contribution < 1.29 is 19.8 Å². The van der Waals surface area contributed by atoms with E-state index < -0.39 is 11.9 Å². The van der Waals surface area contributed by atoms with Crippen LogP contribution < -0.4 is 5.73 Å². The third-order valence-corrected chi connectivity index (χ3v) is 2.77. The van der Waals surface area contributed by atoms with E-state index in [1.165, 1.54) is 10.8 Å².